The highest BCUT2D eigenvalue weighted by Crippen LogP contribution is 2.19. The molecule has 138 valence electrons. The molecule has 0 fully saturated rings. The second-order valence-electron chi connectivity index (χ2n) is 6.80. The van der Waals surface area contributed by atoms with E-state index in [1.807, 2.05) is 55.5 Å². The van der Waals surface area contributed by atoms with Gasteiger partial charge in [-0.2, -0.15) is 0 Å². The maximum atomic E-state index is 12.5. The third-order valence-corrected chi connectivity index (χ3v) is 4.30. The molecule has 2 N–H and O–H groups in total. The summed E-state index contributed by atoms with van der Waals surface area (Å²) >= 11 is 0. The summed E-state index contributed by atoms with van der Waals surface area (Å²) in [6.07, 6.45) is 0.686. The molecule has 0 aliphatic carbocycles. The van der Waals surface area contributed by atoms with Crippen LogP contribution in [0.1, 0.15) is 25.0 Å². The third kappa shape index (κ3) is 5.09. The molecule has 0 spiro atoms. The van der Waals surface area contributed by atoms with Crippen molar-refractivity contribution in [3.8, 4) is 5.75 Å². The standard InChI is InChI=1S/C21H26N2O3/c1-15-5-9-17(10-6-15)23-20(25)21(2,3)19(24)22-14-13-16-7-11-18(26-4)12-8-16/h5-12H,13-14H2,1-4H3,(H,22,24)(H,23,25). The first kappa shape index (κ1) is 19.5. The van der Waals surface area contributed by atoms with Crippen LogP contribution >= 0.6 is 0 Å². The van der Waals surface area contributed by atoms with E-state index in [1.165, 1.54) is 0 Å². The Morgan fingerprint density at radius 1 is 0.962 bits per heavy atom. The normalized spacial score (nSPS) is 10.9. The molecule has 2 aromatic rings. The van der Waals surface area contributed by atoms with Gasteiger partial charge < -0.3 is 15.4 Å². The van der Waals surface area contributed by atoms with Crippen LogP contribution in [0.2, 0.25) is 0 Å². The van der Waals surface area contributed by atoms with E-state index in [-0.39, 0.29) is 11.8 Å². The fraction of sp³-hybridized carbons (Fsp3) is 0.333. The predicted molar refractivity (Wildman–Crippen MR) is 103 cm³/mol. The molecule has 5 heteroatoms. The summed E-state index contributed by atoms with van der Waals surface area (Å²) in [7, 11) is 1.62. The van der Waals surface area contributed by atoms with Gasteiger partial charge in [0, 0.05) is 12.2 Å². The number of benzene rings is 2. The lowest BCUT2D eigenvalue weighted by Gasteiger charge is -2.22. The lowest BCUT2D eigenvalue weighted by Crippen LogP contribution is -2.45. The zero-order chi connectivity index (χ0) is 19.2. The monoisotopic (exact) mass is 354 g/mol. The topological polar surface area (TPSA) is 67.4 Å². The van der Waals surface area contributed by atoms with Gasteiger partial charge in [-0.05, 0) is 57.0 Å². The van der Waals surface area contributed by atoms with Gasteiger partial charge in [0.15, 0.2) is 0 Å². The highest BCUT2D eigenvalue weighted by atomic mass is 16.5. The predicted octanol–water partition coefficient (Wildman–Crippen LogP) is 3.33. The summed E-state index contributed by atoms with van der Waals surface area (Å²) in [5, 5.41) is 5.64. The van der Waals surface area contributed by atoms with Crippen LogP contribution in [-0.2, 0) is 16.0 Å². The molecule has 2 amide bonds. The van der Waals surface area contributed by atoms with Gasteiger partial charge in [-0.1, -0.05) is 29.8 Å². The zero-order valence-corrected chi connectivity index (χ0v) is 15.8. The van der Waals surface area contributed by atoms with Gasteiger partial charge in [0.25, 0.3) is 0 Å². The van der Waals surface area contributed by atoms with Crippen LogP contribution in [-0.4, -0.2) is 25.5 Å². The summed E-state index contributed by atoms with van der Waals surface area (Å²) in [4.78, 5) is 24.9. The van der Waals surface area contributed by atoms with Gasteiger partial charge in [0.05, 0.1) is 7.11 Å². The van der Waals surface area contributed by atoms with Crippen molar-refractivity contribution >= 4 is 17.5 Å². The van der Waals surface area contributed by atoms with E-state index < -0.39 is 5.41 Å². The van der Waals surface area contributed by atoms with Gasteiger partial charge in [-0.3, -0.25) is 9.59 Å². The molecule has 0 aromatic heterocycles. The number of anilines is 1. The third-order valence-electron chi connectivity index (χ3n) is 4.30. The minimum absolute atomic E-state index is 0.296. The first-order chi connectivity index (χ1) is 12.3. The van der Waals surface area contributed by atoms with E-state index in [0.717, 1.165) is 16.9 Å². The summed E-state index contributed by atoms with van der Waals surface area (Å²) < 4.78 is 5.12. The molecular formula is C21H26N2O3. The molecule has 2 rings (SSSR count). The summed E-state index contributed by atoms with van der Waals surface area (Å²) in [5.74, 6) is 0.172. The number of rotatable bonds is 7. The van der Waals surface area contributed by atoms with Crippen molar-refractivity contribution in [2.75, 3.05) is 19.0 Å². The van der Waals surface area contributed by atoms with Crippen molar-refractivity contribution in [2.24, 2.45) is 5.41 Å². The molecule has 0 aliphatic heterocycles. The molecule has 0 unspecified atom stereocenters. The Morgan fingerprint density at radius 2 is 1.58 bits per heavy atom. The van der Waals surface area contributed by atoms with E-state index in [2.05, 4.69) is 10.6 Å². The van der Waals surface area contributed by atoms with Gasteiger partial charge in [0.2, 0.25) is 11.8 Å². The minimum atomic E-state index is -1.16. The molecule has 0 aliphatic rings. The summed E-state index contributed by atoms with van der Waals surface area (Å²) in [6, 6.07) is 15.2. The molecule has 5 nitrogen and oxygen atoms in total. The highest BCUT2D eigenvalue weighted by molar-refractivity contribution is 6.09. The average Bonchev–Trinajstić information content (AvgIpc) is 2.64. The molecule has 26 heavy (non-hydrogen) atoms. The average molecular weight is 354 g/mol. The maximum absolute atomic E-state index is 12.5. The minimum Gasteiger partial charge on any atom is -0.497 e. The number of nitrogens with one attached hydrogen (secondary N) is 2. The first-order valence-electron chi connectivity index (χ1n) is 8.62. The van der Waals surface area contributed by atoms with E-state index >= 15 is 0 Å². The Balaban J connectivity index is 1.87. The van der Waals surface area contributed by atoms with Crippen LogP contribution in [0.3, 0.4) is 0 Å². The molecular weight excluding hydrogens is 328 g/mol. The number of carbonyl (C=O) groups is 2. The molecule has 0 saturated heterocycles. The number of hydrogen-bond donors (Lipinski definition) is 2. The Bertz CT molecular complexity index is 750. The Hall–Kier alpha value is -2.82. The summed E-state index contributed by atoms with van der Waals surface area (Å²) in [6.45, 7) is 5.69. The Kier molecular flexibility index (Phi) is 6.39. The second-order valence-corrected chi connectivity index (χ2v) is 6.80. The van der Waals surface area contributed by atoms with Gasteiger partial charge >= 0.3 is 0 Å². The number of ether oxygens (including phenoxy) is 1. The molecule has 2 aromatic carbocycles. The van der Waals surface area contributed by atoms with Crippen molar-refractivity contribution < 1.29 is 14.3 Å². The van der Waals surface area contributed by atoms with Gasteiger partial charge in [-0.15, -0.1) is 0 Å². The molecule has 0 atom stereocenters. The van der Waals surface area contributed by atoms with Gasteiger partial charge in [0.1, 0.15) is 11.2 Å². The van der Waals surface area contributed by atoms with Crippen molar-refractivity contribution in [2.45, 2.75) is 27.2 Å². The van der Waals surface area contributed by atoms with E-state index in [1.54, 1.807) is 21.0 Å². The van der Waals surface area contributed by atoms with Crippen LogP contribution in [0.15, 0.2) is 48.5 Å². The summed E-state index contributed by atoms with van der Waals surface area (Å²) in [5.41, 5.74) is 1.72. The van der Waals surface area contributed by atoms with Crippen molar-refractivity contribution in [1.29, 1.82) is 0 Å². The van der Waals surface area contributed by atoms with Crippen molar-refractivity contribution in [3.63, 3.8) is 0 Å². The first-order valence-corrected chi connectivity index (χ1v) is 8.62. The number of aryl methyl sites for hydroxylation is 1. The largest absolute Gasteiger partial charge is 0.497 e. The quantitative estimate of drug-likeness (QED) is 0.750. The number of hydrogen-bond acceptors (Lipinski definition) is 3. The Morgan fingerprint density at radius 3 is 2.15 bits per heavy atom. The van der Waals surface area contributed by atoms with Crippen LogP contribution in [0.25, 0.3) is 0 Å². The second kappa shape index (κ2) is 8.52. The van der Waals surface area contributed by atoms with E-state index in [0.29, 0.717) is 18.7 Å². The van der Waals surface area contributed by atoms with Crippen LogP contribution in [0, 0.1) is 12.3 Å². The fourth-order valence-electron chi connectivity index (χ4n) is 2.36. The molecule has 0 radical (unpaired) electrons. The highest BCUT2D eigenvalue weighted by Gasteiger charge is 2.35. The van der Waals surface area contributed by atoms with Crippen LogP contribution < -0.4 is 15.4 Å². The number of amides is 2. The Labute approximate surface area is 154 Å². The fourth-order valence-corrected chi connectivity index (χ4v) is 2.36. The number of methoxy groups -OCH3 is 1. The smallest absolute Gasteiger partial charge is 0.239 e. The van der Waals surface area contributed by atoms with Crippen LogP contribution in [0.5, 0.6) is 5.75 Å². The lowest BCUT2D eigenvalue weighted by atomic mass is 9.90. The molecule has 0 bridgehead atoms. The van der Waals surface area contributed by atoms with Crippen molar-refractivity contribution in [3.05, 3.63) is 59.7 Å². The maximum Gasteiger partial charge on any atom is 0.239 e. The van der Waals surface area contributed by atoms with Gasteiger partial charge in [-0.25, -0.2) is 0 Å². The van der Waals surface area contributed by atoms with Crippen LogP contribution in [0.4, 0.5) is 5.69 Å². The number of carbonyl (C=O) groups excluding carboxylic acids is 2. The SMILES string of the molecule is COc1ccc(CCNC(=O)C(C)(C)C(=O)Nc2ccc(C)cc2)cc1. The lowest BCUT2D eigenvalue weighted by molar-refractivity contribution is -0.138. The molecule has 0 saturated carbocycles. The van der Waals surface area contributed by atoms with Crippen molar-refractivity contribution in [1.82, 2.24) is 5.32 Å². The zero-order valence-electron chi connectivity index (χ0n) is 15.8. The van der Waals surface area contributed by atoms with E-state index in [9.17, 15) is 9.59 Å². The molecule has 0 heterocycles. The van der Waals surface area contributed by atoms with E-state index in [4.69, 9.17) is 4.74 Å².